The van der Waals surface area contributed by atoms with Crippen molar-refractivity contribution in [3.05, 3.63) is 33.9 Å². The first kappa shape index (κ1) is 15.2. The third-order valence-corrected chi connectivity index (χ3v) is 2.56. The Kier molecular flexibility index (Phi) is 5.55. The van der Waals surface area contributed by atoms with Crippen LogP contribution < -0.4 is 4.74 Å². The number of hydrogen-bond donors (Lipinski definition) is 0. The lowest BCUT2D eigenvalue weighted by Gasteiger charge is -2.08. The van der Waals surface area contributed by atoms with Crippen molar-refractivity contribution in [2.24, 2.45) is 0 Å². The molecule has 0 bridgehead atoms. The van der Waals surface area contributed by atoms with Crippen molar-refractivity contribution >= 4 is 22.7 Å². The zero-order valence-corrected chi connectivity index (χ0v) is 10.7. The fourth-order valence-corrected chi connectivity index (χ4v) is 1.74. The first-order valence-electron chi connectivity index (χ1n) is 4.97. The minimum atomic E-state index is -2.36. The number of carbonyl (C=O) groups is 1. The molecular formula is C10H10NO7S-. The summed E-state index contributed by atoms with van der Waals surface area (Å²) in [6.07, 6.45) is 0. The van der Waals surface area contributed by atoms with Crippen LogP contribution in [0.4, 0.5) is 5.69 Å². The van der Waals surface area contributed by atoms with Crippen LogP contribution in [0, 0.1) is 10.1 Å². The fraction of sp³-hybridized carbons (Fsp3) is 0.300. The Labute approximate surface area is 110 Å². The first-order chi connectivity index (χ1) is 8.93. The smallest absolute Gasteiger partial charge is 0.337 e. The summed E-state index contributed by atoms with van der Waals surface area (Å²) in [7, 11) is 1.28. The Balaban J connectivity index is 3.01. The van der Waals surface area contributed by atoms with Crippen LogP contribution in [-0.2, 0) is 26.4 Å². The summed E-state index contributed by atoms with van der Waals surface area (Å²) in [5, 5.41) is 10.8. The number of benzene rings is 1. The minimum absolute atomic E-state index is 0.228. The van der Waals surface area contributed by atoms with Crippen LogP contribution in [-0.4, -0.2) is 33.4 Å². The molecule has 0 heterocycles. The third kappa shape index (κ3) is 4.73. The van der Waals surface area contributed by atoms with Crippen LogP contribution in [0.2, 0.25) is 0 Å². The third-order valence-electron chi connectivity index (χ3n) is 1.99. The molecule has 104 valence electrons. The number of ether oxygens (including phenoxy) is 2. The molecule has 1 unspecified atom stereocenters. The second-order valence-corrected chi connectivity index (χ2v) is 4.31. The molecule has 0 amide bonds. The van der Waals surface area contributed by atoms with Crippen molar-refractivity contribution < 1.29 is 28.0 Å². The molecule has 0 spiro atoms. The zero-order valence-electron chi connectivity index (χ0n) is 9.86. The van der Waals surface area contributed by atoms with Gasteiger partial charge in [-0.1, -0.05) is 17.1 Å². The van der Waals surface area contributed by atoms with E-state index in [2.05, 4.69) is 4.74 Å². The summed E-state index contributed by atoms with van der Waals surface area (Å²) in [5.74, 6) is -1.40. The molecule has 0 fully saturated rings. The van der Waals surface area contributed by atoms with E-state index in [-0.39, 0.29) is 23.7 Å². The zero-order chi connectivity index (χ0) is 14.4. The quantitative estimate of drug-likeness (QED) is 0.246. The molecule has 9 heteroatoms. The second-order valence-electron chi connectivity index (χ2n) is 3.41. The normalized spacial score (nSPS) is 11.9. The van der Waals surface area contributed by atoms with Crippen molar-refractivity contribution in [3.63, 3.8) is 0 Å². The van der Waals surface area contributed by atoms with Gasteiger partial charge in [-0.05, 0) is 11.6 Å². The number of hydrogen-bond acceptors (Lipinski definition) is 7. The SMILES string of the molecule is COCC(=O)Oc1ccc(CS(=O)[O-])cc1[N+](=O)[O-]. The number of nitro groups is 1. The summed E-state index contributed by atoms with van der Waals surface area (Å²) < 4.78 is 30.3. The topological polar surface area (TPSA) is 119 Å². The molecule has 1 aromatic rings. The molecule has 0 saturated carbocycles. The summed E-state index contributed by atoms with van der Waals surface area (Å²) in [6, 6.07) is 3.55. The number of carbonyl (C=O) groups excluding carboxylic acids is 1. The van der Waals surface area contributed by atoms with E-state index >= 15 is 0 Å². The Morgan fingerprint density at radius 2 is 2.16 bits per heavy atom. The van der Waals surface area contributed by atoms with Crippen molar-refractivity contribution in [2.45, 2.75) is 5.75 Å². The summed E-state index contributed by atoms with van der Waals surface area (Å²) >= 11 is -2.36. The highest BCUT2D eigenvalue weighted by Gasteiger charge is 2.18. The molecule has 1 aromatic carbocycles. The molecule has 0 N–H and O–H groups in total. The predicted molar refractivity (Wildman–Crippen MR) is 63.2 cm³/mol. The van der Waals surface area contributed by atoms with Crippen LogP contribution >= 0.6 is 0 Å². The van der Waals surface area contributed by atoms with Crippen molar-refractivity contribution in [1.82, 2.24) is 0 Å². The van der Waals surface area contributed by atoms with Crippen LogP contribution in [0.25, 0.3) is 0 Å². The van der Waals surface area contributed by atoms with Crippen molar-refractivity contribution in [3.8, 4) is 5.75 Å². The number of rotatable bonds is 6. The summed E-state index contributed by atoms with van der Waals surface area (Å²) in [5.41, 5.74) is -0.251. The highest BCUT2D eigenvalue weighted by molar-refractivity contribution is 7.78. The molecule has 0 aliphatic heterocycles. The second kappa shape index (κ2) is 6.92. The number of nitrogens with zero attached hydrogens (tertiary/aromatic N) is 1. The summed E-state index contributed by atoms with van der Waals surface area (Å²) in [6.45, 7) is -0.344. The monoisotopic (exact) mass is 288 g/mol. The Morgan fingerprint density at radius 1 is 1.47 bits per heavy atom. The maximum absolute atomic E-state index is 11.2. The molecule has 0 saturated heterocycles. The molecule has 19 heavy (non-hydrogen) atoms. The molecular weight excluding hydrogens is 278 g/mol. The molecule has 1 rings (SSSR count). The van der Waals surface area contributed by atoms with Gasteiger partial charge in [0.1, 0.15) is 6.61 Å². The van der Waals surface area contributed by atoms with Gasteiger partial charge < -0.3 is 14.0 Å². The van der Waals surface area contributed by atoms with Gasteiger partial charge in [-0.3, -0.25) is 14.3 Å². The number of methoxy groups -OCH3 is 1. The molecule has 8 nitrogen and oxygen atoms in total. The first-order valence-corrected chi connectivity index (χ1v) is 6.21. The number of nitro benzene ring substituents is 1. The maximum atomic E-state index is 11.2. The average Bonchev–Trinajstić information content (AvgIpc) is 2.30. The predicted octanol–water partition coefficient (Wildman–Crippen LogP) is 0.526. The lowest BCUT2D eigenvalue weighted by atomic mass is 10.2. The largest absolute Gasteiger partial charge is 0.772 e. The van der Waals surface area contributed by atoms with Gasteiger partial charge in [-0.25, -0.2) is 4.79 Å². The van der Waals surface area contributed by atoms with E-state index in [9.17, 15) is 23.7 Å². The van der Waals surface area contributed by atoms with E-state index in [0.717, 1.165) is 6.07 Å². The molecule has 0 aliphatic carbocycles. The Bertz CT molecular complexity index is 517. The van der Waals surface area contributed by atoms with Gasteiger partial charge in [0, 0.05) is 18.9 Å². The van der Waals surface area contributed by atoms with Gasteiger partial charge in [0.2, 0.25) is 5.75 Å². The molecule has 0 aliphatic rings. The van der Waals surface area contributed by atoms with Gasteiger partial charge >= 0.3 is 11.7 Å². The van der Waals surface area contributed by atoms with Gasteiger partial charge in [0.15, 0.2) is 0 Å². The van der Waals surface area contributed by atoms with Crippen LogP contribution in [0.1, 0.15) is 5.56 Å². The molecule has 0 aromatic heterocycles. The minimum Gasteiger partial charge on any atom is -0.772 e. The molecule has 0 radical (unpaired) electrons. The van der Waals surface area contributed by atoms with E-state index in [1.807, 2.05) is 0 Å². The van der Waals surface area contributed by atoms with Crippen molar-refractivity contribution in [2.75, 3.05) is 13.7 Å². The van der Waals surface area contributed by atoms with Gasteiger partial charge in [0.25, 0.3) is 0 Å². The summed E-state index contributed by atoms with van der Waals surface area (Å²) in [4.78, 5) is 21.3. The van der Waals surface area contributed by atoms with E-state index in [1.165, 1.54) is 19.2 Å². The van der Waals surface area contributed by atoms with E-state index < -0.39 is 27.7 Å². The number of esters is 1. The van der Waals surface area contributed by atoms with Gasteiger partial charge in [0.05, 0.1) is 4.92 Å². The van der Waals surface area contributed by atoms with Crippen molar-refractivity contribution in [1.29, 1.82) is 0 Å². The Morgan fingerprint density at radius 3 is 2.68 bits per heavy atom. The lowest BCUT2D eigenvalue weighted by Crippen LogP contribution is -2.15. The van der Waals surface area contributed by atoms with E-state index in [0.29, 0.717) is 0 Å². The van der Waals surface area contributed by atoms with E-state index in [1.54, 1.807) is 0 Å². The standard InChI is InChI=1S/C10H11NO7S/c1-17-5-10(12)18-9-3-2-7(6-19(15)16)4-8(9)11(13)14/h2-4H,5-6H2,1H3,(H,15,16)/p-1. The maximum Gasteiger partial charge on any atom is 0.337 e. The van der Waals surface area contributed by atoms with Crippen LogP contribution in [0.5, 0.6) is 5.75 Å². The Hall–Kier alpha value is -1.84. The van der Waals surface area contributed by atoms with Gasteiger partial charge in [-0.15, -0.1) is 0 Å². The average molecular weight is 288 g/mol. The lowest BCUT2D eigenvalue weighted by molar-refractivity contribution is -0.385. The highest BCUT2D eigenvalue weighted by Crippen LogP contribution is 2.28. The van der Waals surface area contributed by atoms with Gasteiger partial charge in [-0.2, -0.15) is 0 Å². The van der Waals surface area contributed by atoms with Crippen LogP contribution in [0.3, 0.4) is 0 Å². The van der Waals surface area contributed by atoms with E-state index in [4.69, 9.17) is 4.74 Å². The highest BCUT2D eigenvalue weighted by atomic mass is 32.2. The molecule has 1 atom stereocenters. The van der Waals surface area contributed by atoms with Crippen LogP contribution in [0.15, 0.2) is 18.2 Å². The fourth-order valence-electron chi connectivity index (χ4n) is 1.29.